The highest BCUT2D eigenvalue weighted by Crippen LogP contribution is 2.53. The average Bonchev–Trinajstić information content (AvgIpc) is 4.00. The summed E-state index contributed by atoms with van der Waals surface area (Å²) in [5.74, 6) is 1.91. The van der Waals surface area contributed by atoms with Crippen LogP contribution in [0, 0.1) is 0 Å². The van der Waals surface area contributed by atoms with Gasteiger partial charge in [0.05, 0.1) is 22.1 Å². The minimum atomic E-state index is -0.227. The smallest absolute Gasteiger partial charge is 0.164 e. The summed E-state index contributed by atoms with van der Waals surface area (Å²) in [4.78, 5) is 15.3. The Morgan fingerprint density at radius 1 is 0.319 bits per heavy atom. The number of hydrogen-bond acceptors (Lipinski definition) is 3. The van der Waals surface area contributed by atoms with E-state index in [9.17, 15) is 0 Å². The van der Waals surface area contributed by atoms with Gasteiger partial charge in [0.2, 0.25) is 0 Å². The average molecular weight is 882 g/mol. The number of rotatable bonds is 6. The summed E-state index contributed by atoms with van der Waals surface area (Å²) in [5.41, 5.74) is 17.2. The van der Waals surface area contributed by atoms with Crippen LogP contribution >= 0.6 is 0 Å². The Morgan fingerprint density at radius 3 is 1.51 bits per heavy atom. The van der Waals surface area contributed by atoms with Crippen molar-refractivity contribution in [1.29, 1.82) is 0 Å². The Hall–Kier alpha value is -8.93. The first-order chi connectivity index (χ1) is 34.0. The van der Waals surface area contributed by atoms with Crippen LogP contribution in [0.15, 0.2) is 224 Å². The van der Waals surface area contributed by atoms with Gasteiger partial charge in [-0.3, -0.25) is 0 Å². The first kappa shape index (κ1) is 39.3. The molecule has 69 heavy (non-hydrogen) atoms. The van der Waals surface area contributed by atoms with Gasteiger partial charge < -0.3 is 9.13 Å². The van der Waals surface area contributed by atoms with Crippen molar-refractivity contribution >= 4 is 54.4 Å². The maximum atomic E-state index is 5.13. The highest BCUT2D eigenvalue weighted by atomic mass is 15.0. The largest absolute Gasteiger partial charge is 0.309 e. The summed E-state index contributed by atoms with van der Waals surface area (Å²) >= 11 is 0. The Balaban J connectivity index is 0.991. The summed E-state index contributed by atoms with van der Waals surface area (Å²) in [5, 5.41) is 7.48. The van der Waals surface area contributed by atoms with E-state index in [0.29, 0.717) is 17.5 Å². The molecule has 0 radical (unpaired) electrons. The second-order valence-electron chi connectivity index (χ2n) is 18.8. The minimum absolute atomic E-state index is 0.227. The fraction of sp³-hybridized carbons (Fsp3) is 0.0469. The predicted octanol–water partition coefficient (Wildman–Crippen LogP) is 16.2. The van der Waals surface area contributed by atoms with Crippen LogP contribution in [-0.4, -0.2) is 24.1 Å². The quantitative estimate of drug-likeness (QED) is 0.167. The number of para-hydroxylation sites is 2. The number of nitrogens with zero attached hydrogens (tertiary/aromatic N) is 5. The lowest BCUT2D eigenvalue weighted by Gasteiger charge is -2.23. The van der Waals surface area contributed by atoms with E-state index in [1.54, 1.807) is 0 Å². The number of benzene rings is 10. The summed E-state index contributed by atoms with van der Waals surface area (Å²) < 4.78 is 4.83. The van der Waals surface area contributed by atoms with Crippen LogP contribution < -0.4 is 0 Å². The van der Waals surface area contributed by atoms with Crippen LogP contribution in [0.3, 0.4) is 0 Å². The molecule has 1 aliphatic carbocycles. The molecular weight excluding hydrogens is 839 g/mol. The molecule has 10 aromatic carbocycles. The normalized spacial score (nSPS) is 12.9. The lowest BCUT2D eigenvalue weighted by atomic mass is 9.80. The van der Waals surface area contributed by atoms with Gasteiger partial charge in [0.25, 0.3) is 0 Å². The fourth-order valence-electron chi connectivity index (χ4n) is 11.3. The van der Waals surface area contributed by atoms with Crippen molar-refractivity contribution in [2.24, 2.45) is 0 Å². The summed E-state index contributed by atoms with van der Waals surface area (Å²) in [6, 6.07) is 80.8. The van der Waals surface area contributed by atoms with Crippen molar-refractivity contribution in [3.63, 3.8) is 0 Å². The Labute approximate surface area is 399 Å². The second kappa shape index (κ2) is 15.0. The zero-order chi connectivity index (χ0) is 45.8. The predicted molar refractivity (Wildman–Crippen MR) is 285 cm³/mol. The van der Waals surface area contributed by atoms with Crippen LogP contribution in [0.5, 0.6) is 0 Å². The molecule has 0 fully saturated rings. The van der Waals surface area contributed by atoms with Gasteiger partial charge in [0.1, 0.15) is 0 Å². The second-order valence-corrected chi connectivity index (χ2v) is 18.8. The van der Waals surface area contributed by atoms with Crippen molar-refractivity contribution in [1.82, 2.24) is 24.1 Å². The molecule has 5 heteroatoms. The lowest BCUT2D eigenvalue weighted by Crippen LogP contribution is -2.15. The molecule has 0 atom stereocenters. The summed E-state index contributed by atoms with van der Waals surface area (Å²) in [6.45, 7) is 4.78. The maximum Gasteiger partial charge on any atom is 0.164 e. The van der Waals surface area contributed by atoms with Crippen LogP contribution in [0.4, 0.5) is 0 Å². The van der Waals surface area contributed by atoms with Crippen LogP contribution in [-0.2, 0) is 5.41 Å². The van der Waals surface area contributed by atoms with Gasteiger partial charge in [-0.1, -0.05) is 172 Å². The Bertz CT molecular complexity index is 4140. The standard InChI is InChI=1S/C64H43N5/c1-64(2)55-39-59-54(38-51(55)50-32-29-40-17-12-13-26-48(40)60(50)64)53-37-44(43-30-33-57-52(36-43)49-27-14-15-28-56(49)68(57)46-23-10-5-11-24-46)31-34-58(53)69(59)47-25-16-22-45(35-47)63-66-61(41-18-6-3-7-19-41)65-62(67-63)42-20-8-4-9-21-42/h3-39H,1-2H3. The zero-order valence-corrected chi connectivity index (χ0v) is 38.1. The molecule has 1 aliphatic rings. The fourth-order valence-corrected chi connectivity index (χ4v) is 11.3. The summed E-state index contributed by atoms with van der Waals surface area (Å²) in [6.07, 6.45) is 0. The van der Waals surface area contributed by atoms with Crippen molar-refractivity contribution < 1.29 is 0 Å². The third kappa shape index (κ3) is 6.07. The van der Waals surface area contributed by atoms with Crippen LogP contribution in [0.25, 0.3) is 122 Å². The van der Waals surface area contributed by atoms with Crippen molar-refractivity contribution in [2.75, 3.05) is 0 Å². The monoisotopic (exact) mass is 881 g/mol. The van der Waals surface area contributed by atoms with E-state index < -0.39 is 0 Å². The molecule has 0 amide bonds. The molecule has 5 nitrogen and oxygen atoms in total. The molecule has 14 rings (SSSR count). The third-order valence-corrected chi connectivity index (χ3v) is 14.5. The van der Waals surface area contributed by atoms with E-state index in [1.807, 2.05) is 36.4 Å². The van der Waals surface area contributed by atoms with E-state index in [-0.39, 0.29) is 5.41 Å². The first-order valence-corrected chi connectivity index (χ1v) is 23.7. The van der Waals surface area contributed by atoms with Crippen molar-refractivity contribution in [2.45, 2.75) is 19.3 Å². The molecule has 0 aliphatic heterocycles. The van der Waals surface area contributed by atoms with Gasteiger partial charge in [-0.2, -0.15) is 0 Å². The Kier molecular flexibility index (Phi) is 8.56. The van der Waals surface area contributed by atoms with Gasteiger partial charge in [0, 0.05) is 55.0 Å². The molecule has 0 N–H and O–H groups in total. The molecule has 0 unspecified atom stereocenters. The number of hydrogen-bond donors (Lipinski definition) is 0. The zero-order valence-electron chi connectivity index (χ0n) is 38.1. The first-order valence-electron chi connectivity index (χ1n) is 23.7. The van der Waals surface area contributed by atoms with Gasteiger partial charge in [0.15, 0.2) is 17.5 Å². The highest BCUT2D eigenvalue weighted by Gasteiger charge is 2.38. The van der Waals surface area contributed by atoms with Crippen molar-refractivity contribution in [3.8, 4) is 67.8 Å². The van der Waals surface area contributed by atoms with Gasteiger partial charge in [-0.15, -0.1) is 0 Å². The molecule has 0 bridgehead atoms. The highest BCUT2D eigenvalue weighted by molar-refractivity contribution is 6.14. The van der Waals surface area contributed by atoms with E-state index >= 15 is 0 Å². The van der Waals surface area contributed by atoms with E-state index in [2.05, 4.69) is 211 Å². The molecule has 0 spiro atoms. The van der Waals surface area contributed by atoms with Crippen molar-refractivity contribution in [3.05, 3.63) is 236 Å². The number of aromatic nitrogens is 5. The molecular formula is C64H43N5. The topological polar surface area (TPSA) is 48.5 Å². The molecule has 324 valence electrons. The van der Waals surface area contributed by atoms with E-state index in [0.717, 1.165) is 39.1 Å². The van der Waals surface area contributed by atoms with Gasteiger partial charge >= 0.3 is 0 Å². The van der Waals surface area contributed by atoms with Crippen LogP contribution in [0.1, 0.15) is 25.0 Å². The minimum Gasteiger partial charge on any atom is -0.309 e. The lowest BCUT2D eigenvalue weighted by molar-refractivity contribution is 0.667. The van der Waals surface area contributed by atoms with E-state index in [1.165, 1.54) is 76.7 Å². The SMILES string of the molecule is CC1(C)c2cc3c(cc2-c2ccc4ccccc4c21)c1cc(-c2ccc4c(c2)c2ccccc2n4-c2ccccc2)ccc1n3-c1cccc(-c2nc(-c3ccccc3)nc(-c3ccccc3)n2)c1. The Morgan fingerprint density at radius 2 is 0.826 bits per heavy atom. The molecule has 13 aromatic rings. The third-order valence-electron chi connectivity index (χ3n) is 14.5. The number of fused-ring (bicyclic) bond motifs is 11. The van der Waals surface area contributed by atoms with Crippen LogP contribution in [0.2, 0.25) is 0 Å². The van der Waals surface area contributed by atoms with Gasteiger partial charge in [-0.05, 0) is 111 Å². The van der Waals surface area contributed by atoms with E-state index in [4.69, 9.17) is 15.0 Å². The maximum absolute atomic E-state index is 5.13. The molecule has 0 saturated carbocycles. The molecule has 3 aromatic heterocycles. The summed E-state index contributed by atoms with van der Waals surface area (Å²) in [7, 11) is 0. The van der Waals surface area contributed by atoms with Gasteiger partial charge in [-0.25, -0.2) is 15.0 Å². The molecule has 0 saturated heterocycles. The molecule has 3 heterocycles.